The number of carbonyl (C=O) groups is 1. The van der Waals surface area contributed by atoms with Crippen molar-refractivity contribution in [2.75, 3.05) is 26.2 Å². The van der Waals surface area contributed by atoms with Crippen LogP contribution in [-0.4, -0.2) is 49.2 Å². The van der Waals surface area contributed by atoms with Gasteiger partial charge in [-0.15, -0.1) is 35.3 Å². The highest BCUT2D eigenvalue weighted by molar-refractivity contribution is 14.0. The van der Waals surface area contributed by atoms with Crippen molar-refractivity contribution < 1.29 is 13.9 Å². The van der Waals surface area contributed by atoms with Crippen molar-refractivity contribution in [3.8, 4) is 0 Å². The third-order valence-electron chi connectivity index (χ3n) is 4.79. The summed E-state index contributed by atoms with van der Waals surface area (Å²) in [4.78, 5) is 21.0. The quantitative estimate of drug-likeness (QED) is 0.310. The second-order valence-corrected chi connectivity index (χ2v) is 8.41. The van der Waals surface area contributed by atoms with E-state index in [-0.39, 0.29) is 36.1 Å². The number of halogens is 1. The second kappa shape index (κ2) is 12.8. The molecule has 0 bridgehead atoms. The zero-order valence-electron chi connectivity index (χ0n) is 17.6. The van der Waals surface area contributed by atoms with Gasteiger partial charge in [0.05, 0.1) is 19.4 Å². The molecule has 166 valence electrons. The number of rotatable bonds is 7. The molecule has 1 fully saturated rings. The molecule has 2 aromatic heterocycles. The zero-order valence-corrected chi connectivity index (χ0v) is 20.7. The number of hydrogen-bond donors (Lipinski definition) is 2. The summed E-state index contributed by atoms with van der Waals surface area (Å²) in [6.45, 7) is 7.13. The molecule has 1 aliphatic rings. The number of ether oxygens (including phenoxy) is 1. The largest absolute Gasteiger partial charge is 0.469 e. The lowest BCUT2D eigenvalue weighted by molar-refractivity contribution is 0.0963. The maximum absolute atomic E-state index is 11.9. The number of nitrogens with zero attached hydrogens (tertiary/aromatic N) is 2. The highest BCUT2D eigenvalue weighted by Gasteiger charge is 2.24. The molecule has 2 aromatic rings. The van der Waals surface area contributed by atoms with Gasteiger partial charge in [-0.1, -0.05) is 0 Å². The Morgan fingerprint density at radius 3 is 2.77 bits per heavy atom. The molecule has 7 nitrogen and oxygen atoms in total. The number of aliphatic imine (C=N–C) groups is 1. The standard InChI is InChI=1S/C21H30N4O3S.HI/c1-3-27-21(26)25-12-9-17(10-13-25)24-20(22-11-8-18-5-4-14-28-18)23-15-19-7-6-16(2)29-19;/h4-7,14,17H,3,8-13,15H2,1-2H3,(H2,22,23,24);1H. The third-order valence-corrected chi connectivity index (χ3v) is 5.78. The molecule has 1 aliphatic heterocycles. The first-order valence-corrected chi connectivity index (χ1v) is 11.0. The van der Waals surface area contributed by atoms with Crippen LogP contribution in [0.1, 0.15) is 35.3 Å². The predicted octanol–water partition coefficient (Wildman–Crippen LogP) is 4.17. The minimum Gasteiger partial charge on any atom is -0.469 e. The minimum atomic E-state index is -0.218. The van der Waals surface area contributed by atoms with Crippen LogP contribution in [-0.2, 0) is 17.7 Å². The van der Waals surface area contributed by atoms with Crippen molar-refractivity contribution in [2.24, 2.45) is 4.99 Å². The summed E-state index contributed by atoms with van der Waals surface area (Å²) in [5, 5.41) is 6.95. The molecule has 3 heterocycles. The number of aryl methyl sites for hydroxylation is 1. The van der Waals surface area contributed by atoms with E-state index in [1.165, 1.54) is 9.75 Å². The lowest BCUT2D eigenvalue weighted by atomic mass is 10.1. The monoisotopic (exact) mass is 546 g/mol. The molecule has 3 rings (SSSR count). The number of amides is 1. The molecule has 9 heteroatoms. The number of likely N-dealkylation sites (tertiary alicyclic amines) is 1. The Balaban J connectivity index is 0.00000320. The van der Waals surface area contributed by atoms with Crippen molar-refractivity contribution in [3.63, 3.8) is 0 Å². The number of thiophene rings is 1. The van der Waals surface area contributed by atoms with E-state index >= 15 is 0 Å². The first kappa shape index (κ1) is 24.5. The Hall–Kier alpha value is -1.75. The van der Waals surface area contributed by atoms with Crippen molar-refractivity contribution in [2.45, 2.75) is 45.7 Å². The molecule has 1 saturated heterocycles. The lowest BCUT2D eigenvalue weighted by Gasteiger charge is -2.32. The number of nitrogens with one attached hydrogen (secondary N) is 2. The Morgan fingerprint density at radius 2 is 2.13 bits per heavy atom. The molecular formula is C21H31IN4O3S. The highest BCUT2D eigenvalue weighted by atomic mass is 127. The number of hydrogen-bond acceptors (Lipinski definition) is 5. The summed E-state index contributed by atoms with van der Waals surface area (Å²) in [6.07, 6.45) is 4.02. The number of carbonyl (C=O) groups excluding carboxylic acids is 1. The number of guanidine groups is 1. The van der Waals surface area contributed by atoms with Crippen molar-refractivity contribution in [1.29, 1.82) is 0 Å². The predicted molar refractivity (Wildman–Crippen MR) is 131 cm³/mol. The molecule has 0 aliphatic carbocycles. The molecule has 2 N–H and O–H groups in total. The van der Waals surface area contributed by atoms with Gasteiger partial charge in [-0.25, -0.2) is 9.79 Å². The van der Waals surface area contributed by atoms with Gasteiger partial charge in [-0.2, -0.15) is 0 Å². The van der Waals surface area contributed by atoms with Gasteiger partial charge in [-0.3, -0.25) is 0 Å². The van der Waals surface area contributed by atoms with Gasteiger partial charge in [0.1, 0.15) is 5.76 Å². The van der Waals surface area contributed by atoms with Gasteiger partial charge in [-0.05, 0) is 51.0 Å². The lowest BCUT2D eigenvalue weighted by Crippen LogP contribution is -2.50. The summed E-state index contributed by atoms with van der Waals surface area (Å²) in [6, 6.07) is 8.41. The summed E-state index contributed by atoms with van der Waals surface area (Å²) in [7, 11) is 0. The highest BCUT2D eigenvalue weighted by Crippen LogP contribution is 2.16. The van der Waals surface area contributed by atoms with Crippen molar-refractivity contribution in [1.82, 2.24) is 15.5 Å². The maximum atomic E-state index is 11.9. The molecule has 0 aromatic carbocycles. The van der Waals surface area contributed by atoms with Gasteiger partial charge in [0.15, 0.2) is 5.96 Å². The molecule has 0 spiro atoms. The normalized spacial score (nSPS) is 14.9. The average Bonchev–Trinajstić information content (AvgIpc) is 3.38. The summed E-state index contributed by atoms with van der Waals surface area (Å²) < 4.78 is 10.5. The third kappa shape index (κ3) is 7.82. The zero-order chi connectivity index (χ0) is 20.5. The van der Waals surface area contributed by atoms with E-state index in [2.05, 4.69) is 29.7 Å². The molecule has 0 unspecified atom stereocenters. The van der Waals surface area contributed by atoms with Crippen molar-refractivity contribution in [3.05, 3.63) is 46.0 Å². The van der Waals surface area contributed by atoms with Crippen LogP contribution in [0.5, 0.6) is 0 Å². The Morgan fingerprint density at radius 1 is 1.33 bits per heavy atom. The van der Waals surface area contributed by atoms with E-state index in [1.807, 2.05) is 19.1 Å². The van der Waals surface area contributed by atoms with Crippen LogP contribution in [0.15, 0.2) is 39.9 Å². The summed E-state index contributed by atoms with van der Waals surface area (Å²) in [5.74, 6) is 1.76. The van der Waals surface area contributed by atoms with Crippen LogP contribution in [0.25, 0.3) is 0 Å². The van der Waals surface area contributed by atoms with Gasteiger partial charge in [0.2, 0.25) is 0 Å². The average molecular weight is 546 g/mol. The fraction of sp³-hybridized carbons (Fsp3) is 0.524. The second-order valence-electron chi connectivity index (χ2n) is 7.04. The maximum Gasteiger partial charge on any atom is 0.409 e. The number of furan rings is 1. The van der Waals surface area contributed by atoms with E-state index < -0.39 is 0 Å². The van der Waals surface area contributed by atoms with E-state index in [4.69, 9.17) is 14.1 Å². The molecule has 0 saturated carbocycles. The van der Waals surface area contributed by atoms with Gasteiger partial charge in [0, 0.05) is 41.9 Å². The summed E-state index contributed by atoms with van der Waals surface area (Å²) in [5.41, 5.74) is 0. The van der Waals surface area contributed by atoms with E-state index in [9.17, 15) is 4.79 Å². The molecular weight excluding hydrogens is 515 g/mol. The fourth-order valence-corrected chi connectivity index (χ4v) is 4.07. The van der Waals surface area contributed by atoms with Gasteiger partial charge < -0.3 is 24.7 Å². The molecule has 30 heavy (non-hydrogen) atoms. The van der Waals surface area contributed by atoms with Crippen LogP contribution < -0.4 is 10.6 Å². The number of piperidine rings is 1. The molecule has 1 amide bonds. The minimum absolute atomic E-state index is 0. The van der Waals surface area contributed by atoms with Crippen LogP contribution in [0.4, 0.5) is 4.79 Å². The van der Waals surface area contributed by atoms with Crippen LogP contribution >= 0.6 is 35.3 Å². The van der Waals surface area contributed by atoms with E-state index in [0.717, 1.165) is 37.5 Å². The van der Waals surface area contributed by atoms with Gasteiger partial charge >= 0.3 is 6.09 Å². The van der Waals surface area contributed by atoms with E-state index in [1.54, 1.807) is 22.5 Å². The fourth-order valence-electron chi connectivity index (χ4n) is 3.25. The van der Waals surface area contributed by atoms with Crippen molar-refractivity contribution >= 4 is 47.4 Å². The SMILES string of the molecule is CCOC(=O)N1CCC(NC(=NCc2ccc(C)s2)NCCc2ccco2)CC1.I. The summed E-state index contributed by atoms with van der Waals surface area (Å²) >= 11 is 1.77. The van der Waals surface area contributed by atoms with Crippen LogP contribution in [0.3, 0.4) is 0 Å². The van der Waals surface area contributed by atoms with E-state index in [0.29, 0.717) is 26.2 Å². The first-order valence-electron chi connectivity index (χ1n) is 10.2. The first-order chi connectivity index (χ1) is 14.1. The Bertz CT molecular complexity index is 786. The molecule has 0 radical (unpaired) electrons. The topological polar surface area (TPSA) is 79.1 Å². The smallest absolute Gasteiger partial charge is 0.409 e. The van der Waals surface area contributed by atoms with Crippen LogP contribution in [0.2, 0.25) is 0 Å². The Kier molecular flexibility index (Phi) is 10.5. The van der Waals surface area contributed by atoms with Crippen LogP contribution in [0, 0.1) is 6.92 Å². The van der Waals surface area contributed by atoms with Gasteiger partial charge in [0.25, 0.3) is 0 Å². The Labute approximate surface area is 199 Å². The molecule has 0 atom stereocenters.